The standard InChI is InChI=1S/C16H21NO2/c1-3-13(4-2)9-10-16(19)17-11-14-7-5-6-8-15(14)12-18/h3,5-10,18H,4,11-12H2,1-2H3,(H,17,19). The lowest BCUT2D eigenvalue weighted by molar-refractivity contribution is -0.116. The van der Waals surface area contributed by atoms with Crippen LogP contribution in [0.3, 0.4) is 0 Å². The van der Waals surface area contributed by atoms with Gasteiger partial charge in [0.05, 0.1) is 6.61 Å². The van der Waals surface area contributed by atoms with Gasteiger partial charge in [-0.25, -0.2) is 0 Å². The van der Waals surface area contributed by atoms with Crippen molar-refractivity contribution in [1.82, 2.24) is 5.32 Å². The lowest BCUT2D eigenvalue weighted by Crippen LogP contribution is -2.21. The number of amides is 1. The van der Waals surface area contributed by atoms with Crippen LogP contribution >= 0.6 is 0 Å². The molecule has 19 heavy (non-hydrogen) atoms. The fraction of sp³-hybridized carbons (Fsp3) is 0.312. The molecule has 0 spiro atoms. The zero-order valence-electron chi connectivity index (χ0n) is 11.5. The van der Waals surface area contributed by atoms with Gasteiger partial charge in [-0.05, 0) is 24.5 Å². The maximum absolute atomic E-state index is 11.7. The summed E-state index contributed by atoms with van der Waals surface area (Å²) >= 11 is 0. The number of aliphatic hydroxyl groups excluding tert-OH is 1. The molecule has 0 unspecified atom stereocenters. The highest BCUT2D eigenvalue weighted by molar-refractivity contribution is 5.87. The molecule has 1 amide bonds. The molecule has 1 rings (SSSR count). The van der Waals surface area contributed by atoms with E-state index in [9.17, 15) is 9.90 Å². The minimum Gasteiger partial charge on any atom is -0.392 e. The van der Waals surface area contributed by atoms with Gasteiger partial charge in [0.25, 0.3) is 0 Å². The summed E-state index contributed by atoms with van der Waals surface area (Å²) in [5, 5.41) is 12.0. The Morgan fingerprint density at radius 3 is 2.53 bits per heavy atom. The first-order chi connectivity index (χ1) is 9.21. The molecule has 2 N–H and O–H groups in total. The van der Waals surface area contributed by atoms with Gasteiger partial charge in [-0.2, -0.15) is 0 Å². The number of rotatable bonds is 6. The molecule has 1 aromatic rings. The monoisotopic (exact) mass is 259 g/mol. The van der Waals surface area contributed by atoms with Gasteiger partial charge in [-0.15, -0.1) is 0 Å². The van der Waals surface area contributed by atoms with E-state index in [0.717, 1.165) is 23.1 Å². The molecule has 0 aliphatic rings. The zero-order valence-corrected chi connectivity index (χ0v) is 11.5. The molecule has 0 saturated carbocycles. The van der Waals surface area contributed by atoms with Gasteiger partial charge in [0.15, 0.2) is 0 Å². The van der Waals surface area contributed by atoms with E-state index >= 15 is 0 Å². The second-order valence-electron chi connectivity index (χ2n) is 4.20. The van der Waals surface area contributed by atoms with Gasteiger partial charge in [0, 0.05) is 12.6 Å². The highest BCUT2D eigenvalue weighted by atomic mass is 16.3. The fourth-order valence-corrected chi connectivity index (χ4v) is 1.73. The summed E-state index contributed by atoms with van der Waals surface area (Å²) in [5.41, 5.74) is 2.91. The van der Waals surface area contributed by atoms with E-state index in [1.807, 2.05) is 43.3 Å². The summed E-state index contributed by atoms with van der Waals surface area (Å²) in [5.74, 6) is -0.124. The van der Waals surface area contributed by atoms with Crippen molar-refractivity contribution in [2.75, 3.05) is 0 Å². The minimum absolute atomic E-state index is 0.0135. The van der Waals surface area contributed by atoms with Crippen LogP contribution < -0.4 is 5.32 Å². The molecule has 0 aliphatic carbocycles. The molecular formula is C16H21NO2. The molecule has 3 heteroatoms. The quantitative estimate of drug-likeness (QED) is 0.609. The van der Waals surface area contributed by atoms with Crippen molar-refractivity contribution < 1.29 is 9.90 Å². The van der Waals surface area contributed by atoms with Crippen molar-refractivity contribution in [3.05, 3.63) is 59.2 Å². The molecule has 1 aromatic carbocycles. The maximum Gasteiger partial charge on any atom is 0.244 e. The second-order valence-corrected chi connectivity index (χ2v) is 4.20. The van der Waals surface area contributed by atoms with Crippen molar-refractivity contribution in [2.45, 2.75) is 33.4 Å². The number of carbonyl (C=O) groups excluding carboxylic acids is 1. The molecule has 0 bridgehead atoms. The van der Waals surface area contributed by atoms with Crippen LogP contribution in [-0.4, -0.2) is 11.0 Å². The average Bonchev–Trinajstić information content (AvgIpc) is 2.46. The Balaban J connectivity index is 2.55. The highest BCUT2D eigenvalue weighted by Crippen LogP contribution is 2.08. The van der Waals surface area contributed by atoms with Crippen LogP contribution in [-0.2, 0) is 17.9 Å². The van der Waals surface area contributed by atoms with Gasteiger partial charge in [-0.3, -0.25) is 4.79 Å². The summed E-state index contributed by atoms with van der Waals surface area (Å²) in [6.07, 6.45) is 6.27. The third-order valence-corrected chi connectivity index (χ3v) is 2.97. The zero-order chi connectivity index (χ0) is 14.1. The Labute approximate surface area is 114 Å². The first-order valence-corrected chi connectivity index (χ1v) is 6.50. The van der Waals surface area contributed by atoms with E-state index in [2.05, 4.69) is 12.2 Å². The van der Waals surface area contributed by atoms with Gasteiger partial charge in [0.1, 0.15) is 0 Å². The molecule has 0 fully saturated rings. The fourth-order valence-electron chi connectivity index (χ4n) is 1.73. The van der Waals surface area contributed by atoms with E-state index in [-0.39, 0.29) is 12.5 Å². The second kappa shape index (κ2) is 8.27. The van der Waals surface area contributed by atoms with Gasteiger partial charge in [-0.1, -0.05) is 48.9 Å². The SMILES string of the molecule is CC=C(C=CC(=O)NCc1ccccc1CO)CC. The largest absolute Gasteiger partial charge is 0.392 e. The van der Waals surface area contributed by atoms with Crippen LogP contribution in [0.2, 0.25) is 0 Å². The Hall–Kier alpha value is -1.87. The van der Waals surface area contributed by atoms with E-state index in [0.29, 0.717) is 6.54 Å². The van der Waals surface area contributed by atoms with Gasteiger partial charge in [0.2, 0.25) is 5.91 Å². The molecule has 0 saturated heterocycles. The van der Waals surface area contributed by atoms with Crippen LogP contribution in [0.1, 0.15) is 31.4 Å². The van der Waals surface area contributed by atoms with E-state index < -0.39 is 0 Å². The number of hydrogen-bond donors (Lipinski definition) is 2. The summed E-state index contributed by atoms with van der Waals surface area (Å²) in [6, 6.07) is 7.52. The van der Waals surface area contributed by atoms with Gasteiger partial charge >= 0.3 is 0 Å². The van der Waals surface area contributed by atoms with Crippen molar-refractivity contribution in [2.24, 2.45) is 0 Å². The van der Waals surface area contributed by atoms with E-state index in [1.165, 1.54) is 0 Å². The predicted molar refractivity (Wildman–Crippen MR) is 77.4 cm³/mol. The smallest absolute Gasteiger partial charge is 0.244 e. The number of carbonyl (C=O) groups is 1. The van der Waals surface area contributed by atoms with E-state index in [1.54, 1.807) is 6.08 Å². The average molecular weight is 259 g/mol. The number of aliphatic hydroxyl groups is 1. The van der Waals surface area contributed by atoms with Crippen LogP contribution in [0.5, 0.6) is 0 Å². The molecule has 0 aromatic heterocycles. The molecular weight excluding hydrogens is 238 g/mol. The van der Waals surface area contributed by atoms with E-state index in [4.69, 9.17) is 0 Å². The topological polar surface area (TPSA) is 49.3 Å². The maximum atomic E-state index is 11.7. The first-order valence-electron chi connectivity index (χ1n) is 6.50. The lowest BCUT2D eigenvalue weighted by Gasteiger charge is -2.07. The summed E-state index contributed by atoms with van der Waals surface area (Å²) < 4.78 is 0. The highest BCUT2D eigenvalue weighted by Gasteiger charge is 2.01. The normalized spacial score (nSPS) is 11.8. The van der Waals surface area contributed by atoms with Crippen LogP contribution in [0.25, 0.3) is 0 Å². The third-order valence-electron chi connectivity index (χ3n) is 2.97. The van der Waals surface area contributed by atoms with Crippen LogP contribution in [0.4, 0.5) is 0 Å². The predicted octanol–water partition coefficient (Wildman–Crippen LogP) is 2.71. The van der Waals surface area contributed by atoms with Crippen LogP contribution in [0, 0.1) is 0 Å². The molecule has 0 aliphatic heterocycles. The Bertz CT molecular complexity index is 475. The first kappa shape index (κ1) is 15.2. The Morgan fingerprint density at radius 2 is 1.95 bits per heavy atom. The molecule has 102 valence electrons. The lowest BCUT2D eigenvalue weighted by atomic mass is 10.1. The molecule has 0 atom stereocenters. The number of nitrogens with one attached hydrogen (secondary N) is 1. The van der Waals surface area contributed by atoms with Crippen molar-refractivity contribution >= 4 is 5.91 Å². The Morgan fingerprint density at radius 1 is 1.26 bits per heavy atom. The Kier molecular flexibility index (Phi) is 6.61. The third kappa shape index (κ3) is 5.10. The summed E-state index contributed by atoms with van der Waals surface area (Å²) in [7, 11) is 0. The van der Waals surface area contributed by atoms with Crippen molar-refractivity contribution in [3.8, 4) is 0 Å². The molecule has 0 radical (unpaired) electrons. The van der Waals surface area contributed by atoms with Gasteiger partial charge < -0.3 is 10.4 Å². The summed E-state index contributed by atoms with van der Waals surface area (Å²) in [6.45, 7) is 4.42. The summed E-state index contributed by atoms with van der Waals surface area (Å²) in [4.78, 5) is 11.7. The minimum atomic E-state index is -0.124. The number of hydrogen-bond acceptors (Lipinski definition) is 2. The molecule has 3 nitrogen and oxygen atoms in total. The van der Waals surface area contributed by atoms with Crippen LogP contribution in [0.15, 0.2) is 48.1 Å². The number of benzene rings is 1. The molecule has 0 heterocycles. The van der Waals surface area contributed by atoms with Crippen molar-refractivity contribution in [3.63, 3.8) is 0 Å². The number of allylic oxidation sites excluding steroid dienone is 3. The van der Waals surface area contributed by atoms with Crippen molar-refractivity contribution in [1.29, 1.82) is 0 Å².